The maximum absolute atomic E-state index is 10.7. The predicted octanol–water partition coefficient (Wildman–Crippen LogP) is 4.23. The van der Waals surface area contributed by atoms with Gasteiger partial charge in [0.2, 0.25) is 0 Å². The maximum Gasteiger partial charge on any atom is 0.335 e. The number of phenols is 1. The van der Waals surface area contributed by atoms with Crippen molar-refractivity contribution in [2.75, 3.05) is 19.8 Å². The molecule has 0 fully saturated rings. The largest absolute Gasteiger partial charge is 0.504 e. The van der Waals surface area contributed by atoms with Crippen molar-refractivity contribution in [2.45, 2.75) is 12.8 Å². The van der Waals surface area contributed by atoms with E-state index in [1.807, 2.05) is 0 Å². The number of hydrogen-bond acceptors (Lipinski definition) is 6. The third-order valence-electron chi connectivity index (χ3n) is 3.54. The van der Waals surface area contributed by atoms with Crippen molar-refractivity contribution in [2.24, 2.45) is 0 Å². The van der Waals surface area contributed by atoms with E-state index in [0.29, 0.717) is 37.7 Å². The lowest BCUT2D eigenvalue weighted by atomic mass is 10.2. The standard InChI is InChI=1S/C13H16O4.C10H10O3/c1-2-13(15)17-10-6-5-9-16-12-8-4-3-7-11(12)14;1-2-7-13-9-5-3-8(4-6-9)10(11)12/h2-4,7-8,14H,1,5-6,9-10H2;2-6H,1,7H2,(H,11,12). The van der Waals surface area contributed by atoms with Gasteiger partial charge in [0.15, 0.2) is 11.5 Å². The van der Waals surface area contributed by atoms with Crippen LogP contribution in [0.25, 0.3) is 0 Å². The minimum absolute atomic E-state index is 0.130. The lowest BCUT2D eigenvalue weighted by molar-refractivity contribution is -0.137. The molecule has 0 atom stereocenters. The molecule has 0 saturated heterocycles. The molecule has 0 radical (unpaired) electrons. The predicted molar refractivity (Wildman–Crippen MR) is 113 cm³/mol. The number of aromatic hydroxyl groups is 1. The number of carbonyl (C=O) groups is 2. The van der Waals surface area contributed by atoms with Gasteiger partial charge >= 0.3 is 11.9 Å². The Morgan fingerprint density at radius 3 is 2.20 bits per heavy atom. The summed E-state index contributed by atoms with van der Waals surface area (Å²) >= 11 is 0. The van der Waals surface area contributed by atoms with E-state index in [-0.39, 0.29) is 11.3 Å². The first-order chi connectivity index (χ1) is 14.5. The molecular formula is C23H26O7. The van der Waals surface area contributed by atoms with Crippen molar-refractivity contribution >= 4 is 11.9 Å². The fourth-order valence-corrected chi connectivity index (χ4v) is 2.05. The van der Waals surface area contributed by atoms with Crippen LogP contribution in [0.3, 0.4) is 0 Å². The Labute approximate surface area is 175 Å². The summed E-state index contributed by atoms with van der Waals surface area (Å²) in [5.41, 5.74) is 0.256. The Balaban J connectivity index is 0.000000311. The van der Waals surface area contributed by atoms with Crippen molar-refractivity contribution in [1.29, 1.82) is 0 Å². The lowest BCUT2D eigenvalue weighted by Crippen LogP contribution is -2.04. The molecule has 0 heterocycles. The molecule has 2 aromatic carbocycles. The summed E-state index contributed by atoms with van der Waals surface area (Å²) in [6, 6.07) is 13.0. The van der Waals surface area contributed by atoms with Crippen LogP contribution in [0.4, 0.5) is 0 Å². The Hall–Kier alpha value is -3.74. The first kappa shape index (κ1) is 24.3. The number of unbranched alkanes of at least 4 members (excludes halogenated alkanes) is 1. The Bertz CT molecular complexity index is 813. The Morgan fingerprint density at radius 2 is 1.60 bits per heavy atom. The van der Waals surface area contributed by atoms with E-state index in [1.54, 1.807) is 42.5 Å². The molecule has 0 aliphatic heterocycles. The summed E-state index contributed by atoms with van der Waals surface area (Å²) in [7, 11) is 0. The molecule has 0 amide bonds. The van der Waals surface area contributed by atoms with Crippen LogP contribution < -0.4 is 9.47 Å². The summed E-state index contributed by atoms with van der Waals surface area (Å²) < 4.78 is 15.3. The fourth-order valence-electron chi connectivity index (χ4n) is 2.05. The molecule has 0 aliphatic rings. The van der Waals surface area contributed by atoms with Crippen LogP contribution in [-0.4, -0.2) is 42.0 Å². The second kappa shape index (κ2) is 14.3. The quantitative estimate of drug-likeness (QED) is 0.245. The van der Waals surface area contributed by atoms with Gasteiger partial charge in [-0.05, 0) is 49.2 Å². The number of carboxylic acid groups (broad SMARTS) is 1. The highest BCUT2D eigenvalue weighted by Crippen LogP contribution is 2.24. The zero-order valence-corrected chi connectivity index (χ0v) is 16.7. The molecule has 0 aliphatic carbocycles. The van der Waals surface area contributed by atoms with Crippen LogP contribution in [0, 0.1) is 0 Å². The van der Waals surface area contributed by atoms with Gasteiger partial charge < -0.3 is 24.4 Å². The van der Waals surface area contributed by atoms with Crippen molar-refractivity contribution in [1.82, 2.24) is 0 Å². The molecule has 2 N–H and O–H groups in total. The number of aromatic carboxylic acids is 1. The summed E-state index contributed by atoms with van der Waals surface area (Å²) in [6.45, 7) is 8.06. The summed E-state index contributed by atoms with van der Waals surface area (Å²) in [5.74, 6) is -0.104. The normalized spacial score (nSPS) is 9.47. The van der Waals surface area contributed by atoms with Crippen molar-refractivity contribution in [3.05, 3.63) is 79.4 Å². The number of hydrogen-bond donors (Lipinski definition) is 2. The van der Waals surface area contributed by atoms with E-state index in [1.165, 1.54) is 12.1 Å². The second-order valence-electron chi connectivity index (χ2n) is 5.82. The number of carboxylic acids is 1. The Kier molecular flexibility index (Phi) is 11.6. The van der Waals surface area contributed by atoms with Crippen molar-refractivity contribution in [3.63, 3.8) is 0 Å². The molecule has 2 rings (SSSR count). The third-order valence-corrected chi connectivity index (χ3v) is 3.54. The molecule has 160 valence electrons. The Morgan fingerprint density at radius 1 is 0.933 bits per heavy atom. The molecule has 7 heteroatoms. The number of carbonyl (C=O) groups excluding carboxylic acids is 1. The van der Waals surface area contributed by atoms with Crippen LogP contribution in [0.2, 0.25) is 0 Å². The lowest BCUT2D eigenvalue weighted by Gasteiger charge is -2.07. The van der Waals surface area contributed by atoms with E-state index in [0.717, 1.165) is 12.5 Å². The number of para-hydroxylation sites is 2. The number of ether oxygens (including phenoxy) is 3. The van der Waals surface area contributed by atoms with Gasteiger partial charge in [-0.1, -0.05) is 31.4 Å². The minimum atomic E-state index is -0.935. The van der Waals surface area contributed by atoms with Crippen LogP contribution in [0.1, 0.15) is 23.2 Å². The number of esters is 1. The maximum atomic E-state index is 10.7. The monoisotopic (exact) mass is 414 g/mol. The van der Waals surface area contributed by atoms with Crippen LogP contribution in [0.5, 0.6) is 17.2 Å². The molecule has 0 bridgehead atoms. The van der Waals surface area contributed by atoms with Crippen LogP contribution in [-0.2, 0) is 9.53 Å². The van der Waals surface area contributed by atoms with Gasteiger partial charge in [0.25, 0.3) is 0 Å². The number of rotatable bonds is 11. The average molecular weight is 414 g/mol. The first-order valence-corrected chi connectivity index (χ1v) is 9.25. The van der Waals surface area contributed by atoms with Gasteiger partial charge in [-0.2, -0.15) is 0 Å². The summed E-state index contributed by atoms with van der Waals surface area (Å²) in [5, 5.41) is 18.0. The number of benzene rings is 2. The van der Waals surface area contributed by atoms with E-state index < -0.39 is 11.9 Å². The average Bonchev–Trinajstić information content (AvgIpc) is 2.76. The highest BCUT2D eigenvalue weighted by Gasteiger charge is 2.01. The number of phenolic OH excluding ortho intramolecular Hbond substituents is 1. The second-order valence-corrected chi connectivity index (χ2v) is 5.82. The van der Waals surface area contributed by atoms with Crippen molar-refractivity contribution in [3.8, 4) is 17.2 Å². The molecule has 30 heavy (non-hydrogen) atoms. The van der Waals surface area contributed by atoms with Gasteiger partial charge in [0.05, 0.1) is 18.8 Å². The van der Waals surface area contributed by atoms with Gasteiger partial charge in [0.1, 0.15) is 12.4 Å². The molecule has 0 unspecified atom stereocenters. The van der Waals surface area contributed by atoms with Crippen LogP contribution in [0.15, 0.2) is 73.8 Å². The minimum Gasteiger partial charge on any atom is -0.504 e. The summed E-state index contributed by atoms with van der Waals surface area (Å²) in [4.78, 5) is 21.2. The summed E-state index contributed by atoms with van der Waals surface area (Å²) in [6.07, 6.45) is 4.23. The van der Waals surface area contributed by atoms with Gasteiger partial charge in [-0.3, -0.25) is 0 Å². The molecule has 0 saturated carbocycles. The van der Waals surface area contributed by atoms with Crippen molar-refractivity contribution < 1.29 is 34.0 Å². The fraction of sp³-hybridized carbons (Fsp3) is 0.217. The molecular weight excluding hydrogens is 388 g/mol. The first-order valence-electron chi connectivity index (χ1n) is 9.25. The highest BCUT2D eigenvalue weighted by atomic mass is 16.5. The van der Waals surface area contributed by atoms with Gasteiger partial charge in [-0.25, -0.2) is 9.59 Å². The highest BCUT2D eigenvalue weighted by molar-refractivity contribution is 5.87. The molecule has 2 aromatic rings. The van der Waals surface area contributed by atoms with Gasteiger partial charge in [0, 0.05) is 6.08 Å². The van der Waals surface area contributed by atoms with E-state index in [9.17, 15) is 14.7 Å². The van der Waals surface area contributed by atoms with E-state index in [4.69, 9.17) is 19.3 Å². The van der Waals surface area contributed by atoms with Crippen LogP contribution >= 0.6 is 0 Å². The smallest absolute Gasteiger partial charge is 0.335 e. The SMILES string of the molecule is C=CC(=O)OCCCCOc1ccccc1O.C=CCOc1ccc(C(=O)O)cc1. The topological polar surface area (TPSA) is 102 Å². The van der Waals surface area contributed by atoms with E-state index in [2.05, 4.69) is 13.2 Å². The van der Waals surface area contributed by atoms with E-state index >= 15 is 0 Å². The molecule has 7 nitrogen and oxygen atoms in total. The molecule has 0 spiro atoms. The van der Waals surface area contributed by atoms with Gasteiger partial charge in [-0.15, -0.1) is 0 Å². The zero-order valence-electron chi connectivity index (χ0n) is 16.7. The zero-order chi connectivity index (χ0) is 22.2. The molecule has 0 aromatic heterocycles. The third kappa shape index (κ3) is 9.98.